The zero-order chi connectivity index (χ0) is 20.4. The van der Waals surface area contributed by atoms with Crippen molar-refractivity contribution in [1.82, 2.24) is 9.80 Å². The number of hydrogen-bond donors (Lipinski definition) is 0. The Morgan fingerprint density at radius 3 is 1.79 bits per heavy atom. The summed E-state index contributed by atoms with van der Waals surface area (Å²) in [5.74, 6) is -0.454. The molecule has 0 spiro atoms. The van der Waals surface area contributed by atoms with Crippen molar-refractivity contribution in [2.75, 3.05) is 0 Å². The smallest absolute Gasteiger partial charge is 0.261 e. The first-order chi connectivity index (χ1) is 13.0. The maximum atomic E-state index is 13.4. The summed E-state index contributed by atoms with van der Waals surface area (Å²) in [4.78, 5) is 42.4. The molecule has 2 heterocycles. The number of amides is 3. The molecule has 1 fully saturated rings. The van der Waals surface area contributed by atoms with Crippen LogP contribution in [0.4, 0.5) is 0 Å². The summed E-state index contributed by atoms with van der Waals surface area (Å²) >= 11 is 0. The minimum absolute atomic E-state index is 0.0138. The Hall–Kier alpha value is -2.69. The van der Waals surface area contributed by atoms with E-state index < -0.39 is 11.1 Å². The van der Waals surface area contributed by atoms with E-state index in [2.05, 4.69) is 0 Å². The first kappa shape index (κ1) is 18.7. The number of benzene rings is 2. The van der Waals surface area contributed by atoms with Gasteiger partial charge >= 0.3 is 0 Å². The van der Waals surface area contributed by atoms with Gasteiger partial charge in [0.05, 0.1) is 0 Å². The predicted octanol–water partition coefficient (Wildman–Crippen LogP) is 4.00. The van der Waals surface area contributed by atoms with Crippen molar-refractivity contribution < 1.29 is 14.4 Å². The fourth-order valence-electron chi connectivity index (χ4n) is 5.64. The van der Waals surface area contributed by atoms with E-state index in [1.165, 1.54) is 4.90 Å². The van der Waals surface area contributed by atoms with Crippen LogP contribution in [-0.2, 0) is 4.79 Å². The topological polar surface area (TPSA) is 57.7 Å². The molecule has 0 unspecified atom stereocenters. The van der Waals surface area contributed by atoms with Gasteiger partial charge in [0, 0.05) is 40.6 Å². The average molecular weight is 378 g/mol. The molecule has 2 aromatic carbocycles. The van der Waals surface area contributed by atoms with Crippen LogP contribution in [0.2, 0.25) is 0 Å². The van der Waals surface area contributed by atoms with E-state index >= 15 is 0 Å². The number of carbonyl (C=O) groups is 3. The van der Waals surface area contributed by atoms with Gasteiger partial charge in [-0.3, -0.25) is 19.3 Å². The first-order valence-electron chi connectivity index (χ1n) is 9.75. The van der Waals surface area contributed by atoms with E-state index in [0.717, 1.165) is 10.8 Å². The van der Waals surface area contributed by atoms with Crippen molar-refractivity contribution in [3.63, 3.8) is 0 Å². The molecule has 3 amide bonds. The van der Waals surface area contributed by atoms with Crippen LogP contribution < -0.4 is 0 Å². The lowest BCUT2D eigenvalue weighted by Gasteiger charge is -2.56. The van der Waals surface area contributed by atoms with Crippen LogP contribution in [0.5, 0.6) is 0 Å². The Morgan fingerprint density at radius 2 is 1.36 bits per heavy atom. The molecule has 4 rings (SSSR count). The molecule has 28 heavy (non-hydrogen) atoms. The van der Waals surface area contributed by atoms with Crippen molar-refractivity contribution in [3.05, 3.63) is 47.5 Å². The zero-order valence-electron chi connectivity index (χ0n) is 17.1. The summed E-state index contributed by atoms with van der Waals surface area (Å²) in [7, 11) is 0. The number of rotatable bonds is 1. The van der Waals surface area contributed by atoms with E-state index in [4.69, 9.17) is 0 Å². The van der Waals surface area contributed by atoms with E-state index in [0.29, 0.717) is 24.0 Å². The van der Waals surface area contributed by atoms with Crippen LogP contribution in [0.25, 0.3) is 10.8 Å². The van der Waals surface area contributed by atoms with Gasteiger partial charge in [-0.15, -0.1) is 0 Å². The van der Waals surface area contributed by atoms with E-state index in [1.807, 2.05) is 56.9 Å². The molecule has 5 nitrogen and oxygen atoms in total. The van der Waals surface area contributed by atoms with Crippen molar-refractivity contribution in [1.29, 1.82) is 0 Å². The molecule has 2 aromatic rings. The highest BCUT2D eigenvalue weighted by Gasteiger charge is 2.50. The summed E-state index contributed by atoms with van der Waals surface area (Å²) in [6.07, 6.45) is 1.12. The minimum Gasteiger partial charge on any atom is -0.333 e. The summed E-state index contributed by atoms with van der Waals surface area (Å²) in [6.45, 7) is 9.62. The van der Waals surface area contributed by atoms with Crippen molar-refractivity contribution in [2.45, 2.75) is 64.6 Å². The maximum Gasteiger partial charge on any atom is 0.261 e. The molecule has 0 radical (unpaired) electrons. The fraction of sp³-hybridized carbons (Fsp3) is 0.435. The van der Waals surface area contributed by atoms with Crippen LogP contribution in [0.3, 0.4) is 0 Å². The zero-order valence-corrected chi connectivity index (χ0v) is 17.1. The predicted molar refractivity (Wildman–Crippen MR) is 108 cm³/mol. The second kappa shape index (κ2) is 5.90. The van der Waals surface area contributed by atoms with Gasteiger partial charge in [-0.05, 0) is 58.1 Å². The third kappa shape index (κ3) is 2.56. The number of piperidine rings is 1. The summed E-state index contributed by atoms with van der Waals surface area (Å²) in [5.41, 5.74) is 0.249. The molecular formula is C23H26N2O3. The Kier molecular flexibility index (Phi) is 3.93. The summed E-state index contributed by atoms with van der Waals surface area (Å²) in [6, 6.07) is 10.9. The number of hydrogen-bond acceptors (Lipinski definition) is 3. The van der Waals surface area contributed by atoms with Crippen LogP contribution in [0.15, 0.2) is 36.4 Å². The standard InChI is InChI=1S/C23H26N2O3/c1-14(26)25-22(2,3)12-16(13-23(25,4)5)24-20(27)17-10-6-8-15-9-7-11-18(19(15)17)21(24)28/h6-11,16H,12-13H2,1-5H3. The molecule has 1 saturated heterocycles. The first-order valence-corrected chi connectivity index (χ1v) is 9.75. The Labute approximate surface area is 165 Å². The van der Waals surface area contributed by atoms with E-state index in [-0.39, 0.29) is 23.8 Å². The molecular weight excluding hydrogens is 352 g/mol. The normalized spacial score (nSPS) is 21.3. The van der Waals surface area contributed by atoms with Gasteiger partial charge < -0.3 is 4.90 Å². The second-order valence-electron chi connectivity index (χ2n) is 9.23. The molecule has 2 aliphatic rings. The number of nitrogens with zero attached hydrogens (tertiary/aromatic N) is 2. The SMILES string of the molecule is CC(=O)N1C(C)(C)CC(N2C(=O)c3cccc4cccc(c34)C2=O)CC1(C)C. The molecule has 0 N–H and O–H groups in total. The van der Waals surface area contributed by atoms with Gasteiger partial charge in [0.2, 0.25) is 5.91 Å². The lowest BCUT2D eigenvalue weighted by atomic mass is 9.75. The fourth-order valence-corrected chi connectivity index (χ4v) is 5.64. The van der Waals surface area contributed by atoms with E-state index in [1.54, 1.807) is 19.1 Å². The Morgan fingerprint density at radius 1 is 0.893 bits per heavy atom. The van der Waals surface area contributed by atoms with E-state index in [9.17, 15) is 14.4 Å². The number of carbonyl (C=O) groups excluding carboxylic acids is 3. The molecule has 0 bridgehead atoms. The van der Waals surface area contributed by atoms with Crippen LogP contribution in [0, 0.1) is 0 Å². The third-order valence-corrected chi connectivity index (χ3v) is 6.16. The van der Waals surface area contributed by atoms with Crippen LogP contribution in [0.1, 0.15) is 68.2 Å². The van der Waals surface area contributed by atoms with Gasteiger partial charge in [0.15, 0.2) is 0 Å². The lowest BCUT2D eigenvalue weighted by molar-refractivity contribution is -0.148. The summed E-state index contributed by atoms with van der Waals surface area (Å²) < 4.78 is 0. The molecule has 146 valence electrons. The van der Waals surface area contributed by atoms with Gasteiger partial charge in [-0.25, -0.2) is 0 Å². The summed E-state index contributed by atoms with van der Waals surface area (Å²) in [5, 5.41) is 1.65. The highest BCUT2D eigenvalue weighted by atomic mass is 16.2. The molecule has 2 aliphatic heterocycles. The average Bonchev–Trinajstić information content (AvgIpc) is 2.57. The highest BCUT2D eigenvalue weighted by molar-refractivity contribution is 6.25. The molecule has 0 saturated carbocycles. The lowest BCUT2D eigenvalue weighted by Crippen LogP contribution is -2.66. The van der Waals surface area contributed by atoms with Gasteiger partial charge in [0.1, 0.15) is 0 Å². The highest BCUT2D eigenvalue weighted by Crippen LogP contribution is 2.42. The molecule has 5 heteroatoms. The molecule has 0 aromatic heterocycles. The monoisotopic (exact) mass is 378 g/mol. The number of imide groups is 1. The van der Waals surface area contributed by atoms with Gasteiger partial charge in [0.25, 0.3) is 11.8 Å². The Bertz CT molecular complexity index is 953. The molecule has 0 atom stereocenters. The van der Waals surface area contributed by atoms with Gasteiger partial charge in [-0.2, -0.15) is 0 Å². The molecule has 0 aliphatic carbocycles. The maximum absolute atomic E-state index is 13.4. The largest absolute Gasteiger partial charge is 0.333 e. The third-order valence-electron chi connectivity index (χ3n) is 6.16. The second-order valence-corrected chi connectivity index (χ2v) is 9.23. The van der Waals surface area contributed by atoms with Crippen LogP contribution in [-0.4, -0.2) is 44.6 Å². The van der Waals surface area contributed by atoms with Crippen molar-refractivity contribution in [2.24, 2.45) is 0 Å². The number of likely N-dealkylation sites (tertiary alicyclic amines) is 1. The van der Waals surface area contributed by atoms with Crippen LogP contribution >= 0.6 is 0 Å². The Balaban J connectivity index is 1.80. The quantitative estimate of drug-likeness (QED) is 0.705. The minimum atomic E-state index is -0.457. The van der Waals surface area contributed by atoms with Crippen molar-refractivity contribution in [3.8, 4) is 0 Å². The van der Waals surface area contributed by atoms with Gasteiger partial charge in [-0.1, -0.05) is 24.3 Å². The van der Waals surface area contributed by atoms with Crippen molar-refractivity contribution >= 4 is 28.5 Å².